The van der Waals surface area contributed by atoms with Crippen molar-refractivity contribution in [2.45, 2.75) is 90.4 Å². The summed E-state index contributed by atoms with van der Waals surface area (Å²) in [5, 5.41) is 0. The molecule has 2 heterocycles. The Balaban J connectivity index is 1.25. The van der Waals surface area contributed by atoms with Gasteiger partial charge in [0.15, 0.2) is 5.82 Å². The third-order valence-electron chi connectivity index (χ3n) is 6.41. The van der Waals surface area contributed by atoms with E-state index in [0.29, 0.717) is 13.2 Å². The van der Waals surface area contributed by atoms with Gasteiger partial charge in [0.1, 0.15) is 18.1 Å². The Labute approximate surface area is 218 Å². The van der Waals surface area contributed by atoms with E-state index in [-0.39, 0.29) is 0 Å². The zero-order chi connectivity index (χ0) is 25.1. The fourth-order valence-electron chi connectivity index (χ4n) is 4.22. The fourth-order valence-corrected chi connectivity index (χ4v) is 4.22. The molecule has 0 amide bonds. The maximum absolute atomic E-state index is 5.89. The molecule has 196 valence electrons. The fraction of sp³-hybridized carbons (Fsp3) is 0.548. The maximum atomic E-state index is 5.89. The van der Waals surface area contributed by atoms with Crippen LogP contribution in [0.2, 0.25) is 0 Å². The minimum atomic E-state index is 0.532. The molecule has 0 saturated heterocycles. The molecule has 0 spiro atoms. The molecule has 3 rings (SSSR count). The summed E-state index contributed by atoms with van der Waals surface area (Å²) in [4.78, 5) is 9.19. The van der Waals surface area contributed by atoms with E-state index in [4.69, 9.17) is 14.2 Å². The van der Waals surface area contributed by atoms with Gasteiger partial charge < -0.3 is 14.2 Å². The van der Waals surface area contributed by atoms with Gasteiger partial charge in [-0.2, -0.15) is 0 Å². The van der Waals surface area contributed by atoms with Crippen LogP contribution in [-0.2, 0) is 15.9 Å². The summed E-state index contributed by atoms with van der Waals surface area (Å²) in [5.41, 5.74) is 2.25. The molecule has 0 unspecified atom stereocenters. The van der Waals surface area contributed by atoms with Gasteiger partial charge in [-0.1, -0.05) is 58.3 Å². The van der Waals surface area contributed by atoms with Crippen molar-refractivity contribution in [1.82, 2.24) is 9.97 Å². The van der Waals surface area contributed by atoms with Crippen LogP contribution in [0.1, 0.15) is 89.5 Å². The van der Waals surface area contributed by atoms with Gasteiger partial charge in [-0.05, 0) is 74.1 Å². The Bertz CT molecular complexity index is 891. The molecule has 0 aliphatic carbocycles. The Morgan fingerprint density at radius 2 is 1.39 bits per heavy atom. The van der Waals surface area contributed by atoms with E-state index >= 15 is 0 Å². The van der Waals surface area contributed by atoms with Gasteiger partial charge in [0.05, 0.1) is 19.5 Å². The van der Waals surface area contributed by atoms with Crippen LogP contribution < -0.4 is 4.74 Å². The number of allylic oxidation sites excluding steroid dienone is 2. The van der Waals surface area contributed by atoms with Crippen molar-refractivity contribution in [2.24, 2.45) is 0 Å². The molecule has 1 aliphatic heterocycles. The molecular formula is C31H44N2O3. The van der Waals surface area contributed by atoms with Crippen molar-refractivity contribution in [3.05, 3.63) is 66.4 Å². The highest BCUT2D eigenvalue weighted by Gasteiger charge is 2.04. The first-order valence-electron chi connectivity index (χ1n) is 14.0. The Hall–Kier alpha value is -2.82. The second-order valence-corrected chi connectivity index (χ2v) is 9.55. The number of ether oxygens (including phenoxy) is 3. The zero-order valence-electron chi connectivity index (χ0n) is 22.1. The Morgan fingerprint density at radius 1 is 0.750 bits per heavy atom. The first-order valence-corrected chi connectivity index (χ1v) is 14.0. The summed E-state index contributed by atoms with van der Waals surface area (Å²) in [6, 6.07) is 8.07. The van der Waals surface area contributed by atoms with Crippen molar-refractivity contribution >= 4 is 0 Å². The summed E-state index contributed by atoms with van der Waals surface area (Å²) >= 11 is 0. The van der Waals surface area contributed by atoms with Crippen LogP contribution in [0.5, 0.6) is 5.75 Å². The lowest BCUT2D eigenvalue weighted by molar-refractivity contribution is 0.142. The lowest BCUT2D eigenvalue weighted by Gasteiger charge is -2.12. The van der Waals surface area contributed by atoms with Crippen LogP contribution in [0, 0.1) is 0 Å². The van der Waals surface area contributed by atoms with Gasteiger partial charge >= 0.3 is 0 Å². The second kappa shape index (κ2) is 17.6. The average Bonchev–Trinajstić information content (AvgIpc) is 2.93. The van der Waals surface area contributed by atoms with Gasteiger partial charge in [-0.25, -0.2) is 9.97 Å². The minimum absolute atomic E-state index is 0.532. The van der Waals surface area contributed by atoms with Crippen molar-refractivity contribution in [3.63, 3.8) is 0 Å². The molecule has 0 atom stereocenters. The quantitative estimate of drug-likeness (QED) is 0.185. The number of nitrogens with zero attached hydrogens (tertiary/aromatic N) is 2. The van der Waals surface area contributed by atoms with Crippen LogP contribution in [0.4, 0.5) is 0 Å². The van der Waals surface area contributed by atoms with Gasteiger partial charge in [0.2, 0.25) is 0 Å². The largest absolute Gasteiger partial charge is 0.494 e. The van der Waals surface area contributed by atoms with Crippen molar-refractivity contribution in [1.29, 1.82) is 0 Å². The standard InChI is InChI=1S/C31H44N2O3/c1-2-3-4-5-6-7-8-9-11-15-27-24-32-31(33-25-27)28-17-19-29(20-18-28)35-22-12-10-13-23-36-30-16-14-21-34-26-30/h14,16-21,24-25H,2-13,15,22-23,26H2,1H3. The summed E-state index contributed by atoms with van der Waals surface area (Å²) in [5.74, 6) is 2.55. The number of aryl methyl sites for hydroxylation is 1. The van der Waals surface area contributed by atoms with Crippen LogP contribution in [-0.4, -0.2) is 29.8 Å². The van der Waals surface area contributed by atoms with Gasteiger partial charge in [0, 0.05) is 18.0 Å². The first-order chi connectivity index (χ1) is 17.8. The zero-order valence-corrected chi connectivity index (χ0v) is 22.1. The van der Waals surface area contributed by atoms with E-state index in [9.17, 15) is 0 Å². The monoisotopic (exact) mass is 492 g/mol. The van der Waals surface area contributed by atoms with E-state index in [1.54, 1.807) is 6.26 Å². The highest BCUT2D eigenvalue weighted by atomic mass is 16.5. The van der Waals surface area contributed by atoms with Crippen LogP contribution in [0.3, 0.4) is 0 Å². The lowest BCUT2D eigenvalue weighted by atomic mass is 10.1. The van der Waals surface area contributed by atoms with Crippen LogP contribution >= 0.6 is 0 Å². The molecular weight excluding hydrogens is 448 g/mol. The number of rotatable bonds is 19. The van der Waals surface area contributed by atoms with E-state index in [2.05, 4.69) is 16.9 Å². The molecule has 0 radical (unpaired) electrons. The molecule has 1 aliphatic rings. The maximum Gasteiger partial charge on any atom is 0.159 e. The van der Waals surface area contributed by atoms with E-state index in [0.717, 1.165) is 55.2 Å². The summed E-state index contributed by atoms with van der Waals surface area (Å²) in [6.45, 7) is 4.23. The highest BCUT2D eigenvalue weighted by molar-refractivity contribution is 5.55. The summed E-state index contributed by atoms with van der Waals surface area (Å²) < 4.78 is 16.8. The number of aromatic nitrogens is 2. The molecule has 36 heavy (non-hydrogen) atoms. The van der Waals surface area contributed by atoms with Crippen molar-refractivity contribution in [3.8, 4) is 17.1 Å². The summed E-state index contributed by atoms with van der Waals surface area (Å²) in [7, 11) is 0. The van der Waals surface area contributed by atoms with Crippen molar-refractivity contribution in [2.75, 3.05) is 19.8 Å². The molecule has 5 nitrogen and oxygen atoms in total. The molecule has 2 aromatic rings. The number of hydrogen-bond donors (Lipinski definition) is 0. The van der Waals surface area contributed by atoms with Crippen LogP contribution in [0.15, 0.2) is 60.8 Å². The highest BCUT2D eigenvalue weighted by Crippen LogP contribution is 2.20. The van der Waals surface area contributed by atoms with E-state index < -0.39 is 0 Å². The number of benzene rings is 1. The first kappa shape index (κ1) is 27.8. The molecule has 1 aromatic carbocycles. The molecule has 0 bridgehead atoms. The molecule has 1 aromatic heterocycles. The second-order valence-electron chi connectivity index (χ2n) is 9.55. The minimum Gasteiger partial charge on any atom is -0.494 e. The number of unbranched alkanes of at least 4 members (excludes halogenated alkanes) is 10. The Kier molecular flexibility index (Phi) is 13.6. The topological polar surface area (TPSA) is 53.5 Å². The molecule has 0 N–H and O–H groups in total. The SMILES string of the molecule is CCCCCCCCCCCc1cnc(-c2ccc(OCCCCCOC3=CC=COC3)cc2)nc1. The third-order valence-corrected chi connectivity index (χ3v) is 6.41. The van der Waals surface area contributed by atoms with Crippen LogP contribution in [0.25, 0.3) is 11.4 Å². The van der Waals surface area contributed by atoms with Gasteiger partial charge in [-0.15, -0.1) is 0 Å². The summed E-state index contributed by atoms with van der Waals surface area (Å²) in [6.07, 6.45) is 25.8. The van der Waals surface area contributed by atoms with Gasteiger partial charge in [0.25, 0.3) is 0 Å². The predicted molar refractivity (Wildman–Crippen MR) is 147 cm³/mol. The third kappa shape index (κ3) is 11.3. The van der Waals surface area contributed by atoms with Gasteiger partial charge in [-0.3, -0.25) is 0 Å². The number of hydrogen-bond acceptors (Lipinski definition) is 5. The van der Waals surface area contributed by atoms with E-state index in [1.807, 2.05) is 48.8 Å². The Morgan fingerprint density at radius 3 is 2.06 bits per heavy atom. The molecule has 5 heteroatoms. The van der Waals surface area contributed by atoms with E-state index in [1.165, 1.54) is 63.4 Å². The molecule has 0 saturated carbocycles. The smallest absolute Gasteiger partial charge is 0.159 e. The van der Waals surface area contributed by atoms with Crippen molar-refractivity contribution < 1.29 is 14.2 Å². The average molecular weight is 493 g/mol. The molecule has 0 fully saturated rings. The normalized spacial score (nSPS) is 12.8. The predicted octanol–water partition coefficient (Wildman–Crippen LogP) is 8.21. The lowest BCUT2D eigenvalue weighted by Crippen LogP contribution is -2.04.